The number of ether oxygens (including phenoxy) is 1. The molecule has 1 unspecified atom stereocenters. The zero-order valence-corrected chi connectivity index (χ0v) is 13.0. The Hall–Kier alpha value is -1.02. The van der Waals surface area contributed by atoms with Crippen LogP contribution in [0, 0.1) is 5.92 Å². The number of esters is 1. The number of hydrogen-bond donors (Lipinski definition) is 0. The van der Waals surface area contributed by atoms with E-state index < -0.39 is 5.41 Å². The maximum atomic E-state index is 12.3. The molecule has 0 aromatic heterocycles. The first-order chi connectivity index (χ1) is 8.91. The van der Waals surface area contributed by atoms with Gasteiger partial charge in [-0.3, -0.25) is 4.79 Å². The first-order valence-corrected chi connectivity index (χ1v) is 7.21. The molecule has 1 rings (SSSR count). The molecule has 0 radical (unpaired) electrons. The molecule has 0 N–H and O–H groups in total. The Labute approximate surface area is 121 Å². The van der Waals surface area contributed by atoms with Crippen molar-refractivity contribution in [1.29, 1.82) is 0 Å². The SMILES string of the molecule is CCOC(=O)C(C)(CCC(C)C)c1ccccc1Cl. The predicted molar refractivity (Wildman–Crippen MR) is 79.5 cm³/mol. The highest BCUT2D eigenvalue weighted by molar-refractivity contribution is 6.31. The first-order valence-electron chi connectivity index (χ1n) is 6.84. The fourth-order valence-electron chi connectivity index (χ4n) is 2.12. The van der Waals surface area contributed by atoms with Gasteiger partial charge in [0.05, 0.1) is 12.0 Å². The van der Waals surface area contributed by atoms with Gasteiger partial charge >= 0.3 is 5.97 Å². The van der Waals surface area contributed by atoms with Crippen molar-refractivity contribution in [2.75, 3.05) is 6.61 Å². The van der Waals surface area contributed by atoms with Gasteiger partial charge in [0.15, 0.2) is 0 Å². The molecule has 0 heterocycles. The molecule has 0 saturated heterocycles. The molecule has 19 heavy (non-hydrogen) atoms. The van der Waals surface area contributed by atoms with E-state index >= 15 is 0 Å². The van der Waals surface area contributed by atoms with E-state index in [-0.39, 0.29) is 5.97 Å². The molecule has 0 amide bonds. The van der Waals surface area contributed by atoms with Crippen LogP contribution in [0.2, 0.25) is 5.02 Å². The van der Waals surface area contributed by atoms with Gasteiger partial charge in [0.25, 0.3) is 0 Å². The summed E-state index contributed by atoms with van der Waals surface area (Å²) in [5.41, 5.74) is 0.189. The van der Waals surface area contributed by atoms with Crippen molar-refractivity contribution < 1.29 is 9.53 Å². The molecule has 0 aliphatic rings. The van der Waals surface area contributed by atoms with E-state index in [0.29, 0.717) is 17.5 Å². The number of benzene rings is 1. The number of rotatable bonds is 6. The largest absolute Gasteiger partial charge is 0.465 e. The molecule has 0 aliphatic carbocycles. The van der Waals surface area contributed by atoms with Crippen LogP contribution in [-0.2, 0) is 14.9 Å². The van der Waals surface area contributed by atoms with Crippen LogP contribution in [0.15, 0.2) is 24.3 Å². The maximum Gasteiger partial charge on any atom is 0.316 e. The summed E-state index contributed by atoms with van der Waals surface area (Å²) >= 11 is 6.26. The monoisotopic (exact) mass is 282 g/mol. The molecular formula is C16H23ClO2. The van der Waals surface area contributed by atoms with E-state index in [1.165, 1.54) is 0 Å². The number of hydrogen-bond acceptors (Lipinski definition) is 2. The van der Waals surface area contributed by atoms with Crippen LogP contribution >= 0.6 is 11.6 Å². The van der Waals surface area contributed by atoms with Crippen LogP contribution < -0.4 is 0 Å². The van der Waals surface area contributed by atoms with E-state index in [9.17, 15) is 4.79 Å². The summed E-state index contributed by atoms with van der Waals surface area (Å²) in [5.74, 6) is 0.347. The minimum Gasteiger partial charge on any atom is -0.465 e. The molecule has 0 aliphatic heterocycles. The molecule has 2 nitrogen and oxygen atoms in total. The molecular weight excluding hydrogens is 260 g/mol. The molecule has 0 spiro atoms. The van der Waals surface area contributed by atoms with Crippen LogP contribution in [0.25, 0.3) is 0 Å². The van der Waals surface area contributed by atoms with Crippen molar-refractivity contribution in [3.63, 3.8) is 0 Å². The molecule has 1 aromatic rings. The Bertz CT molecular complexity index is 429. The summed E-state index contributed by atoms with van der Waals surface area (Å²) in [7, 11) is 0. The summed E-state index contributed by atoms with van der Waals surface area (Å²) in [6.07, 6.45) is 1.70. The second-order valence-corrected chi connectivity index (χ2v) is 5.87. The highest BCUT2D eigenvalue weighted by atomic mass is 35.5. The van der Waals surface area contributed by atoms with Crippen molar-refractivity contribution in [3.05, 3.63) is 34.9 Å². The summed E-state index contributed by atoms with van der Waals surface area (Å²) in [6, 6.07) is 7.53. The predicted octanol–water partition coefficient (Wildman–Crippen LogP) is 4.60. The van der Waals surface area contributed by atoms with Crippen LogP contribution in [0.3, 0.4) is 0 Å². The van der Waals surface area contributed by atoms with Crippen molar-refractivity contribution in [2.45, 2.75) is 46.0 Å². The molecule has 0 saturated carbocycles. The van der Waals surface area contributed by atoms with Gasteiger partial charge in [0.1, 0.15) is 0 Å². The van der Waals surface area contributed by atoms with Crippen molar-refractivity contribution in [3.8, 4) is 0 Å². The van der Waals surface area contributed by atoms with Crippen LogP contribution in [0.1, 0.15) is 46.1 Å². The molecule has 0 bridgehead atoms. The fourth-order valence-corrected chi connectivity index (χ4v) is 2.47. The average Bonchev–Trinajstić information content (AvgIpc) is 2.36. The molecule has 1 aromatic carbocycles. The maximum absolute atomic E-state index is 12.3. The van der Waals surface area contributed by atoms with E-state index in [1.54, 1.807) is 0 Å². The molecule has 3 heteroatoms. The molecule has 106 valence electrons. The Morgan fingerprint density at radius 1 is 1.37 bits per heavy atom. The third-order valence-electron chi connectivity index (χ3n) is 3.42. The summed E-state index contributed by atoms with van der Waals surface area (Å²) in [4.78, 5) is 12.3. The van der Waals surface area contributed by atoms with Crippen molar-refractivity contribution in [2.24, 2.45) is 5.92 Å². The van der Waals surface area contributed by atoms with Crippen LogP contribution in [0.4, 0.5) is 0 Å². The van der Waals surface area contributed by atoms with Gasteiger partial charge in [-0.15, -0.1) is 0 Å². The zero-order chi connectivity index (χ0) is 14.5. The molecule has 1 atom stereocenters. The highest BCUT2D eigenvalue weighted by Gasteiger charge is 2.37. The second kappa shape index (κ2) is 6.95. The average molecular weight is 283 g/mol. The summed E-state index contributed by atoms with van der Waals surface area (Å²) in [5, 5.41) is 0.627. The first kappa shape index (κ1) is 16.0. The van der Waals surface area contributed by atoms with Gasteiger partial charge in [-0.05, 0) is 44.2 Å². The number of carbonyl (C=O) groups excluding carboxylic acids is 1. The van der Waals surface area contributed by atoms with Gasteiger partial charge in [-0.25, -0.2) is 0 Å². The topological polar surface area (TPSA) is 26.3 Å². The highest BCUT2D eigenvalue weighted by Crippen LogP contribution is 2.36. The van der Waals surface area contributed by atoms with E-state index in [2.05, 4.69) is 13.8 Å². The normalized spacial score (nSPS) is 14.2. The van der Waals surface area contributed by atoms with Gasteiger partial charge in [0, 0.05) is 5.02 Å². The molecule has 0 fully saturated rings. The smallest absolute Gasteiger partial charge is 0.316 e. The van der Waals surface area contributed by atoms with E-state index in [4.69, 9.17) is 16.3 Å². The zero-order valence-electron chi connectivity index (χ0n) is 12.2. The van der Waals surface area contributed by atoms with Gasteiger partial charge in [-0.2, -0.15) is 0 Å². The van der Waals surface area contributed by atoms with Crippen molar-refractivity contribution >= 4 is 17.6 Å². The lowest BCUT2D eigenvalue weighted by atomic mass is 9.77. The summed E-state index contributed by atoms with van der Waals surface area (Å²) < 4.78 is 5.25. The Morgan fingerprint density at radius 3 is 2.53 bits per heavy atom. The lowest BCUT2D eigenvalue weighted by molar-refractivity contribution is -0.150. The van der Waals surface area contributed by atoms with E-state index in [1.807, 2.05) is 38.1 Å². The number of halogens is 1. The van der Waals surface area contributed by atoms with Gasteiger partial charge in [0.2, 0.25) is 0 Å². The number of carbonyl (C=O) groups is 1. The third-order valence-corrected chi connectivity index (χ3v) is 3.75. The Kier molecular flexibility index (Phi) is 5.86. The fraction of sp³-hybridized carbons (Fsp3) is 0.562. The second-order valence-electron chi connectivity index (χ2n) is 5.46. The lowest BCUT2D eigenvalue weighted by Crippen LogP contribution is -2.35. The van der Waals surface area contributed by atoms with E-state index in [0.717, 1.165) is 18.4 Å². The Morgan fingerprint density at radius 2 is 2.00 bits per heavy atom. The third kappa shape index (κ3) is 3.97. The minimum atomic E-state index is -0.668. The van der Waals surface area contributed by atoms with Crippen LogP contribution in [0.5, 0.6) is 0 Å². The van der Waals surface area contributed by atoms with Gasteiger partial charge < -0.3 is 4.74 Å². The van der Waals surface area contributed by atoms with Crippen molar-refractivity contribution in [1.82, 2.24) is 0 Å². The summed E-state index contributed by atoms with van der Waals surface area (Å²) in [6.45, 7) is 8.44. The quantitative estimate of drug-likeness (QED) is 0.713. The standard InChI is InChI=1S/C16H23ClO2/c1-5-19-15(18)16(4,11-10-12(2)3)13-8-6-7-9-14(13)17/h6-9,12H,5,10-11H2,1-4H3. The Balaban J connectivity index is 3.11. The minimum absolute atomic E-state index is 0.191. The van der Waals surface area contributed by atoms with Gasteiger partial charge in [-0.1, -0.05) is 43.6 Å². The lowest BCUT2D eigenvalue weighted by Gasteiger charge is -2.29. The van der Waals surface area contributed by atoms with Crippen LogP contribution in [-0.4, -0.2) is 12.6 Å².